The molecule has 4 rings (SSSR count). The molecule has 0 spiro atoms. The minimum atomic E-state index is -4.39. The Bertz CT molecular complexity index is 1240. The third-order valence-corrected chi connectivity index (χ3v) is 5.82. The lowest BCUT2D eigenvalue weighted by atomic mass is 10.2. The highest BCUT2D eigenvalue weighted by Gasteiger charge is 2.30. The first-order chi connectivity index (χ1) is 14.8. The van der Waals surface area contributed by atoms with Crippen molar-refractivity contribution in [2.24, 2.45) is 0 Å². The highest BCUT2D eigenvalue weighted by molar-refractivity contribution is 7.98. The Hall–Kier alpha value is -2.97. The minimum Gasteiger partial charge on any atom is -0.341 e. The zero-order valence-corrected chi connectivity index (χ0v) is 17.4. The molecule has 0 bridgehead atoms. The van der Waals surface area contributed by atoms with Gasteiger partial charge in [0.1, 0.15) is 5.82 Å². The molecule has 1 heterocycles. The lowest BCUT2D eigenvalue weighted by Crippen LogP contribution is -2.12. The number of anilines is 1. The molecule has 3 aromatic carbocycles. The molecule has 0 saturated carbocycles. The monoisotopic (exact) mass is 461 g/mol. The molecule has 4 nitrogen and oxygen atoms in total. The molecular formula is C22H15ClF3N3OS. The smallest absolute Gasteiger partial charge is 0.341 e. The minimum absolute atomic E-state index is 0.300. The van der Waals surface area contributed by atoms with Crippen LogP contribution in [0.3, 0.4) is 0 Å². The van der Waals surface area contributed by atoms with Crippen molar-refractivity contribution in [3.63, 3.8) is 0 Å². The third kappa shape index (κ3) is 5.03. The topological polar surface area (TPSA) is 57.8 Å². The van der Waals surface area contributed by atoms with Crippen molar-refractivity contribution >= 4 is 46.0 Å². The molecule has 4 aromatic rings. The van der Waals surface area contributed by atoms with E-state index >= 15 is 0 Å². The van der Waals surface area contributed by atoms with Gasteiger partial charge in [0.05, 0.1) is 32.9 Å². The van der Waals surface area contributed by atoms with Crippen molar-refractivity contribution in [1.29, 1.82) is 0 Å². The number of carbonyl (C=O) groups excluding carboxylic acids is 1. The number of amides is 1. The molecule has 0 unspecified atom stereocenters. The molecule has 9 heteroatoms. The number of H-pyrrole nitrogens is 1. The largest absolute Gasteiger partial charge is 0.416 e. The van der Waals surface area contributed by atoms with Crippen LogP contribution in [0.5, 0.6) is 0 Å². The number of hydrogen-bond acceptors (Lipinski definition) is 3. The second-order valence-electron chi connectivity index (χ2n) is 6.66. The van der Waals surface area contributed by atoms with Crippen LogP contribution in [0.2, 0.25) is 5.02 Å². The van der Waals surface area contributed by atoms with Gasteiger partial charge in [-0.1, -0.05) is 23.7 Å². The number of fused-ring (bicyclic) bond motifs is 1. The van der Waals surface area contributed by atoms with Crippen LogP contribution < -0.4 is 5.32 Å². The highest BCUT2D eigenvalue weighted by Crippen LogP contribution is 2.31. The average Bonchev–Trinajstić information content (AvgIpc) is 3.15. The van der Waals surface area contributed by atoms with Crippen LogP contribution in [0.1, 0.15) is 21.7 Å². The number of aromatic amines is 1. The van der Waals surface area contributed by atoms with E-state index in [1.165, 1.54) is 17.8 Å². The maximum Gasteiger partial charge on any atom is 0.416 e. The van der Waals surface area contributed by atoms with E-state index in [9.17, 15) is 18.0 Å². The molecule has 0 atom stereocenters. The van der Waals surface area contributed by atoms with Gasteiger partial charge in [0.25, 0.3) is 5.91 Å². The van der Waals surface area contributed by atoms with Crippen LogP contribution in [-0.2, 0) is 11.9 Å². The zero-order valence-electron chi connectivity index (χ0n) is 15.8. The SMILES string of the molecule is O=C(Nc1ccc(SCc2nc3ccc(C(F)(F)F)cc3[nH]2)cc1)c1ccccc1Cl. The Labute approximate surface area is 184 Å². The molecule has 158 valence electrons. The first-order valence-corrected chi connectivity index (χ1v) is 10.5. The fourth-order valence-electron chi connectivity index (χ4n) is 2.94. The third-order valence-electron chi connectivity index (χ3n) is 4.46. The number of thioether (sulfide) groups is 1. The van der Waals surface area contributed by atoms with Gasteiger partial charge in [0, 0.05) is 10.6 Å². The van der Waals surface area contributed by atoms with Crippen LogP contribution in [0.25, 0.3) is 11.0 Å². The summed E-state index contributed by atoms with van der Waals surface area (Å²) in [7, 11) is 0. The van der Waals surface area contributed by atoms with E-state index in [1.807, 2.05) is 12.1 Å². The summed E-state index contributed by atoms with van der Waals surface area (Å²) in [6.07, 6.45) is -4.39. The molecule has 2 N–H and O–H groups in total. The quantitative estimate of drug-likeness (QED) is 0.322. The van der Waals surface area contributed by atoms with Crippen LogP contribution >= 0.6 is 23.4 Å². The van der Waals surface area contributed by atoms with Crippen LogP contribution in [0.4, 0.5) is 18.9 Å². The molecule has 0 aliphatic carbocycles. The summed E-state index contributed by atoms with van der Waals surface area (Å²) in [6, 6.07) is 17.5. The number of imidazole rings is 1. The van der Waals surface area contributed by atoms with Gasteiger partial charge in [-0.2, -0.15) is 13.2 Å². The van der Waals surface area contributed by atoms with E-state index in [0.29, 0.717) is 38.9 Å². The maximum absolute atomic E-state index is 12.8. The van der Waals surface area contributed by atoms with E-state index < -0.39 is 11.7 Å². The fourth-order valence-corrected chi connectivity index (χ4v) is 3.93. The Balaban J connectivity index is 1.39. The number of nitrogens with zero attached hydrogens (tertiary/aromatic N) is 1. The Kier molecular flexibility index (Phi) is 5.93. The summed E-state index contributed by atoms with van der Waals surface area (Å²) in [6.45, 7) is 0. The molecule has 1 aromatic heterocycles. The summed E-state index contributed by atoms with van der Waals surface area (Å²) in [5.74, 6) is 0.739. The number of carbonyl (C=O) groups is 1. The summed E-state index contributed by atoms with van der Waals surface area (Å²) in [5.41, 5.74) is 1.14. The van der Waals surface area contributed by atoms with Gasteiger partial charge in [-0.15, -0.1) is 11.8 Å². The van der Waals surface area contributed by atoms with Gasteiger partial charge >= 0.3 is 6.18 Å². The molecule has 0 aliphatic rings. The predicted molar refractivity (Wildman–Crippen MR) is 117 cm³/mol. The zero-order chi connectivity index (χ0) is 22.0. The van der Waals surface area contributed by atoms with Gasteiger partial charge in [0.2, 0.25) is 0 Å². The van der Waals surface area contributed by atoms with Crippen molar-refractivity contribution in [3.8, 4) is 0 Å². The van der Waals surface area contributed by atoms with Gasteiger partial charge in [0.15, 0.2) is 0 Å². The van der Waals surface area contributed by atoms with Crippen LogP contribution in [0, 0.1) is 0 Å². The van der Waals surface area contributed by atoms with E-state index in [2.05, 4.69) is 15.3 Å². The Morgan fingerprint density at radius 3 is 2.52 bits per heavy atom. The lowest BCUT2D eigenvalue weighted by molar-refractivity contribution is -0.137. The number of alkyl halides is 3. The fraction of sp³-hybridized carbons (Fsp3) is 0.0909. The van der Waals surface area contributed by atoms with E-state index in [-0.39, 0.29) is 5.91 Å². The van der Waals surface area contributed by atoms with Crippen molar-refractivity contribution in [3.05, 3.63) is 88.7 Å². The standard InChI is InChI=1S/C22H15ClF3N3OS/c23-17-4-2-1-3-16(17)21(30)27-14-6-8-15(9-7-14)31-12-20-28-18-10-5-13(22(24,25)26)11-19(18)29-20/h1-11H,12H2,(H,27,30)(H,28,29). The number of nitrogens with one attached hydrogen (secondary N) is 2. The highest BCUT2D eigenvalue weighted by atomic mass is 35.5. The number of aromatic nitrogens is 2. The van der Waals surface area contributed by atoms with Crippen molar-refractivity contribution in [2.75, 3.05) is 5.32 Å². The average molecular weight is 462 g/mol. The van der Waals surface area contributed by atoms with Gasteiger partial charge in [-0.3, -0.25) is 4.79 Å². The van der Waals surface area contributed by atoms with E-state index in [4.69, 9.17) is 11.6 Å². The summed E-state index contributed by atoms with van der Waals surface area (Å²) in [5, 5.41) is 3.17. The van der Waals surface area contributed by atoms with Crippen LogP contribution in [-0.4, -0.2) is 15.9 Å². The second-order valence-corrected chi connectivity index (χ2v) is 8.12. The Morgan fingerprint density at radius 1 is 1.06 bits per heavy atom. The molecule has 0 radical (unpaired) electrons. The first-order valence-electron chi connectivity index (χ1n) is 9.14. The first kappa shape index (κ1) is 21.3. The molecule has 31 heavy (non-hydrogen) atoms. The van der Waals surface area contributed by atoms with Crippen molar-refractivity contribution in [2.45, 2.75) is 16.8 Å². The van der Waals surface area contributed by atoms with Gasteiger partial charge in [-0.25, -0.2) is 4.98 Å². The number of rotatable bonds is 5. The molecule has 0 fully saturated rings. The van der Waals surface area contributed by atoms with Crippen molar-refractivity contribution < 1.29 is 18.0 Å². The lowest BCUT2D eigenvalue weighted by Gasteiger charge is -2.07. The van der Waals surface area contributed by atoms with E-state index in [1.54, 1.807) is 36.4 Å². The van der Waals surface area contributed by atoms with Gasteiger partial charge in [-0.05, 0) is 54.6 Å². The second kappa shape index (κ2) is 8.64. The molecule has 0 saturated heterocycles. The number of halogens is 4. The molecular weight excluding hydrogens is 447 g/mol. The summed E-state index contributed by atoms with van der Waals surface area (Å²) >= 11 is 7.52. The number of benzene rings is 3. The number of hydrogen-bond donors (Lipinski definition) is 2. The summed E-state index contributed by atoms with van der Waals surface area (Å²) < 4.78 is 38.5. The molecule has 1 amide bonds. The Morgan fingerprint density at radius 2 is 1.81 bits per heavy atom. The normalized spacial score (nSPS) is 11.6. The maximum atomic E-state index is 12.8. The van der Waals surface area contributed by atoms with Crippen LogP contribution in [0.15, 0.2) is 71.6 Å². The van der Waals surface area contributed by atoms with Gasteiger partial charge < -0.3 is 10.3 Å². The molecule has 0 aliphatic heterocycles. The predicted octanol–water partition coefficient (Wildman–Crippen LogP) is 6.78. The summed E-state index contributed by atoms with van der Waals surface area (Å²) in [4.78, 5) is 20.5. The van der Waals surface area contributed by atoms with E-state index in [0.717, 1.165) is 17.0 Å². The van der Waals surface area contributed by atoms with Crippen molar-refractivity contribution in [1.82, 2.24) is 9.97 Å².